The fourth-order valence-electron chi connectivity index (χ4n) is 6.94. The first-order chi connectivity index (χ1) is 24.2. The smallest absolute Gasteiger partial charge is 0.303 e. The van der Waals surface area contributed by atoms with E-state index in [1.165, 1.54) is 13.8 Å². The highest BCUT2D eigenvalue weighted by Crippen LogP contribution is 2.55. The molecule has 3 N–H and O–H groups in total. The summed E-state index contributed by atoms with van der Waals surface area (Å²) in [6.45, 7) is 12.9. The highest BCUT2D eigenvalue weighted by atomic mass is 16.8. The van der Waals surface area contributed by atoms with Gasteiger partial charge in [0.2, 0.25) is 17.6 Å². The molecule has 2 heterocycles. The van der Waals surface area contributed by atoms with Crippen LogP contribution >= 0.6 is 0 Å². The van der Waals surface area contributed by atoms with E-state index in [0.29, 0.717) is 31.4 Å². The van der Waals surface area contributed by atoms with Gasteiger partial charge in [-0.05, 0) is 96.3 Å². The van der Waals surface area contributed by atoms with Crippen molar-refractivity contribution < 1.29 is 43.2 Å². The fourth-order valence-corrected chi connectivity index (χ4v) is 6.94. The van der Waals surface area contributed by atoms with Gasteiger partial charge in [-0.15, -0.1) is 0 Å². The van der Waals surface area contributed by atoms with Crippen LogP contribution in [0.3, 0.4) is 0 Å². The van der Waals surface area contributed by atoms with Crippen LogP contribution in [-0.4, -0.2) is 96.5 Å². The number of rotatable bonds is 16. The lowest BCUT2D eigenvalue weighted by molar-refractivity contribution is -0.323. The maximum atomic E-state index is 12.7. The molecule has 4 rings (SSSR count). The topological polar surface area (TPSA) is 153 Å². The molecule has 0 spiro atoms. The molecule has 0 aliphatic carbocycles. The first kappa shape index (κ1) is 40.9. The third kappa shape index (κ3) is 10.2. The minimum atomic E-state index is -1.61. The Hall–Kier alpha value is -3.84. The van der Waals surface area contributed by atoms with Crippen molar-refractivity contribution in [3.05, 3.63) is 70.3 Å². The number of hydrogen-bond donors (Lipinski definition) is 3. The van der Waals surface area contributed by atoms with Gasteiger partial charge in [0.15, 0.2) is 6.10 Å². The molecule has 2 aromatic rings. The number of nitrogens with zero attached hydrogens (tertiary/aromatic N) is 1. The molecule has 2 aliphatic heterocycles. The number of ether oxygens (including phenoxy) is 4. The molecule has 4 atom stereocenters. The average molecular weight is 724 g/mol. The molecule has 2 amide bonds. The van der Waals surface area contributed by atoms with Gasteiger partial charge in [0, 0.05) is 57.3 Å². The van der Waals surface area contributed by atoms with E-state index >= 15 is 0 Å². The van der Waals surface area contributed by atoms with E-state index < -0.39 is 46.7 Å². The van der Waals surface area contributed by atoms with E-state index in [-0.39, 0.29) is 31.3 Å². The number of esters is 2. The maximum absolute atomic E-state index is 12.7. The number of carbonyl (C=O) groups excluding carboxylic acids is 4. The van der Waals surface area contributed by atoms with Gasteiger partial charge in [0.25, 0.3) is 0 Å². The number of benzene rings is 2. The number of nitrogens with one attached hydrogen (secondary N) is 2. The molecule has 286 valence electrons. The van der Waals surface area contributed by atoms with Gasteiger partial charge in [0.1, 0.15) is 11.7 Å². The number of aliphatic hydroxyl groups is 1. The second-order valence-electron chi connectivity index (χ2n) is 15.7. The molecule has 2 aromatic carbocycles. The lowest BCUT2D eigenvalue weighted by atomic mass is 9.77. The van der Waals surface area contributed by atoms with Crippen molar-refractivity contribution in [3.63, 3.8) is 0 Å². The molecule has 2 aliphatic rings. The van der Waals surface area contributed by atoms with Gasteiger partial charge in [-0.25, -0.2) is 0 Å². The molecule has 2 saturated heterocycles. The Morgan fingerprint density at radius 3 is 2.23 bits per heavy atom. The van der Waals surface area contributed by atoms with Crippen molar-refractivity contribution >= 4 is 23.8 Å². The number of aryl methyl sites for hydroxylation is 2. The Kier molecular flexibility index (Phi) is 12.9. The zero-order valence-electron chi connectivity index (χ0n) is 32.2. The second-order valence-corrected chi connectivity index (χ2v) is 15.7. The van der Waals surface area contributed by atoms with Crippen LogP contribution in [0.5, 0.6) is 0 Å². The molecule has 12 heteroatoms. The number of fused-ring (bicyclic) bond motifs is 2. The number of carbonyl (C=O) groups is 4. The van der Waals surface area contributed by atoms with Crippen molar-refractivity contribution in [2.75, 3.05) is 33.8 Å². The molecule has 52 heavy (non-hydrogen) atoms. The second kappa shape index (κ2) is 16.4. The molecule has 2 bridgehead atoms. The van der Waals surface area contributed by atoms with Crippen molar-refractivity contribution in [1.82, 2.24) is 15.5 Å². The van der Waals surface area contributed by atoms with Crippen LogP contribution in [0.15, 0.2) is 42.5 Å². The Bertz CT molecular complexity index is 1600. The zero-order chi connectivity index (χ0) is 38.5. The highest BCUT2D eigenvalue weighted by molar-refractivity contribution is 5.80. The van der Waals surface area contributed by atoms with E-state index in [1.807, 2.05) is 58.0 Å². The van der Waals surface area contributed by atoms with E-state index in [2.05, 4.69) is 34.9 Å². The summed E-state index contributed by atoms with van der Waals surface area (Å²) in [6.07, 6.45) is 0.625. The lowest BCUT2D eigenvalue weighted by Gasteiger charge is -2.49. The molecule has 0 radical (unpaired) electrons. The monoisotopic (exact) mass is 723 g/mol. The zero-order valence-corrected chi connectivity index (χ0v) is 32.2. The normalized spacial score (nSPS) is 22.9. The molecular weight excluding hydrogens is 666 g/mol. The van der Waals surface area contributed by atoms with Crippen LogP contribution in [0.25, 0.3) is 0 Å². The van der Waals surface area contributed by atoms with Crippen LogP contribution in [0.2, 0.25) is 0 Å². The largest absolute Gasteiger partial charge is 0.458 e. The van der Waals surface area contributed by atoms with Gasteiger partial charge in [0.05, 0.1) is 12.2 Å². The van der Waals surface area contributed by atoms with Gasteiger partial charge in [-0.1, -0.05) is 36.4 Å². The predicted octanol–water partition coefficient (Wildman–Crippen LogP) is 3.85. The molecule has 12 nitrogen and oxygen atoms in total. The van der Waals surface area contributed by atoms with Crippen LogP contribution in [0, 0.1) is 6.92 Å². The predicted molar refractivity (Wildman–Crippen MR) is 195 cm³/mol. The summed E-state index contributed by atoms with van der Waals surface area (Å²) in [6, 6.07) is 14.0. The van der Waals surface area contributed by atoms with Gasteiger partial charge >= 0.3 is 11.9 Å². The van der Waals surface area contributed by atoms with Crippen molar-refractivity contribution in [2.45, 2.75) is 122 Å². The first-order valence-corrected chi connectivity index (χ1v) is 18.1. The summed E-state index contributed by atoms with van der Waals surface area (Å²) in [5.74, 6) is -2.91. The Balaban J connectivity index is 1.42. The summed E-state index contributed by atoms with van der Waals surface area (Å²) in [5, 5.41) is 17.1. The third-order valence-corrected chi connectivity index (χ3v) is 9.83. The van der Waals surface area contributed by atoms with Gasteiger partial charge in [-0.2, -0.15) is 0 Å². The SMILES string of the molecule is CC(=O)O[C@H]1C[C@]2(C(C)(C)O)CO[C@@](c3ccc(C)c(Cc4ccc(CCCC(=O)NC(C)(C)CC(=O)NCCN(C)C)cc4)c3)(O2)[C@@H]1OC(C)=O. The summed E-state index contributed by atoms with van der Waals surface area (Å²) < 4.78 is 24.5. The third-order valence-electron chi connectivity index (χ3n) is 9.83. The Morgan fingerprint density at radius 2 is 1.62 bits per heavy atom. The van der Waals surface area contributed by atoms with E-state index in [1.54, 1.807) is 13.8 Å². The van der Waals surface area contributed by atoms with Crippen LogP contribution in [-0.2, 0) is 56.8 Å². The molecular formula is C40H57N3O9. The lowest BCUT2D eigenvalue weighted by Crippen LogP contribution is -2.64. The summed E-state index contributed by atoms with van der Waals surface area (Å²) in [4.78, 5) is 51.5. The van der Waals surface area contributed by atoms with Crippen LogP contribution < -0.4 is 10.6 Å². The van der Waals surface area contributed by atoms with E-state index in [9.17, 15) is 24.3 Å². The van der Waals surface area contributed by atoms with Crippen molar-refractivity contribution in [3.8, 4) is 0 Å². The number of hydrogen-bond acceptors (Lipinski definition) is 10. The quantitative estimate of drug-likeness (QED) is 0.218. The standard InChI is InChI=1S/C40H57N3O9/c1-26-13-18-32(40-36(51-28(3)45)33(50-27(2)44)23-39(52-40,25-49-40)38(6,7)48)22-31(26)21-30-16-14-29(15-17-30)11-10-12-34(46)42-37(4,5)24-35(47)41-19-20-43(8)9/h13-18,22,33,36,48H,10-12,19-21,23-25H2,1-9H3,(H,41,47)(H,42,46)/t33-,36+,39+,40-/m0/s1. The molecule has 0 unspecified atom stereocenters. The van der Waals surface area contributed by atoms with Crippen molar-refractivity contribution in [1.29, 1.82) is 0 Å². The molecule has 0 aromatic heterocycles. The van der Waals surface area contributed by atoms with E-state index in [0.717, 1.165) is 35.2 Å². The molecule has 2 fully saturated rings. The summed E-state index contributed by atoms with van der Waals surface area (Å²) in [5.41, 5.74) is 1.57. The van der Waals surface area contributed by atoms with Crippen molar-refractivity contribution in [2.24, 2.45) is 0 Å². The Morgan fingerprint density at radius 1 is 0.962 bits per heavy atom. The average Bonchev–Trinajstić information content (AvgIpc) is 3.36. The number of likely N-dealkylation sites (N-methyl/N-ethyl adjacent to an activating group) is 1. The maximum Gasteiger partial charge on any atom is 0.303 e. The summed E-state index contributed by atoms with van der Waals surface area (Å²) >= 11 is 0. The minimum absolute atomic E-state index is 0.00454. The van der Waals surface area contributed by atoms with Gasteiger partial charge in [-0.3, -0.25) is 19.2 Å². The Labute approximate surface area is 307 Å². The fraction of sp³-hybridized carbons (Fsp3) is 0.600. The minimum Gasteiger partial charge on any atom is -0.458 e. The first-order valence-electron chi connectivity index (χ1n) is 18.1. The van der Waals surface area contributed by atoms with Gasteiger partial charge < -0.3 is 39.6 Å². The summed E-state index contributed by atoms with van der Waals surface area (Å²) in [7, 11) is 3.90. The molecule has 0 saturated carbocycles. The highest BCUT2D eigenvalue weighted by Gasteiger charge is 2.69. The number of amides is 2. The van der Waals surface area contributed by atoms with Crippen LogP contribution in [0.4, 0.5) is 0 Å². The van der Waals surface area contributed by atoms with E-state index in [4.69, 9.17) is 18.9 Å². The van der Waals surface area contributed by atoms with Crippen LogP contribution in [0.1, 0.15) is 95.0 Å².